The van der Waals surface area contributed by atoms with Crippen LogP contribution in [0.15, 0.2) is 59.9 Å². The van der Waals surface area contributed by atoms with E-state index in [-0.39, 0.29) is 23.5 Å². The molecule has 12 heteroatoms. The lowest BCUT2D eigenvalue weighted by Gasteiger charge is -2.34. The number of amides is 3. The number of hydrogen-bond acceptors (Lipinski definition) is 5. The van der Waals surface area contributed by atoms with Gasteiger partial charge in [0.2, 0.25) is 5.91 Å². The van der Waals surface area contributed by atoms with Crippen molar-refractivity contribution in [2.75, 3.05) is 18.0 Å². The van der Waals surface area contributed by atoms with Crippen molar-refractivity contribution in [1.29, 1.82) is 5.41 Å². The molecule has 0 bridgehead atoms. The van der Waals surface area contributed by atoms with Gasteiger partial charge in [0.25, 0.3) is 0 Å². The Bertz CT molecular complexity index is 1270. The van der Waals surface area contributed by atoms with E-state index >= 15 is 0 Å². The van der Waals surface area contributed by atoms with Crippen LogP contribution in [0, 0.1) is 18.3 Å². The lowest BCUT2D eigenvalue weighted by atomic mass is 10.0. The molecule has 0 aliphatic carbocycles. The standard InChI is InChI=1S/C27H30ClF3N6O2/c1-16-14-20(28)6-9-23(16)24(37(26(33)39)22-7-4-19(5-8-22)27(29,30)31)34-18(3)36-12-10-21(11-13-36)35-25(38)17(2)15-32/h4-9,14-15,17,21,32H,3,10-13H2,1-2H3,(H2,33,39)(H,35,38). The van der Waals surface area contributed by atoms with E-state index in [2.05, 4.69) is 16.9 Å². The van der Waals surface area contributed by atoms with Crippen LogP contribution in [0.5, 0.6) is 0 Å². The summed E-state index contributed by atoms with van der Waals surface area (Å²) < 4.78 is 39.4. The molecule has 3 amide bonds. The maximum atomic E-state index is 13.1. The number of amidine groups is 1. The van der Waals surface area contributed by atoms with Gasteiger partial charge in [-0.25, -0.2) is 14.7 Å². The van der Waals surface area contributed by atoms with Gasteiger partial charge in [-0.2, -0.15) is 13.2 Å². The number of nitrogens with two attached hydrogens (primary N) is 1. The molecule has 208 valence electrons. The molecule has 8 nitrogen and oxygen atoms in total. The van der Waals surface area contributed by atoms with Crippen molar-refractivity contribution >= 4 is 41.3 Å². The summed E-state index contributed by atoms with van der Waals surface area (Å²) in [6, 6.07) is 7.95. The average molecular weight is 563 g/mol. The number of alkyl halides is 3. The number of carbonyl (C=O) groups is 2. The van der Waals surface area contributed by atoms with E-state index in [1.807, 2.05) is 4.90 Å². The lowest BCUT2D eigenvalue weighted by Crippen LogP contribution is -2.46. The molecule has 1 heterocycles. The second-order valence-corrected chi connectivity index (χ2v) is 9.69. The Morgan fingerprint density at radius 3 is 2.36 bits per heavy atom. The third kappa shape index (κ3) is 7.38. The minimum Gasteiger partial charge on any atom is -0.357 e. The number of halogens is 4. The number of carbonyl (C=O) groups excluding carboxylic acids is 2. The number of primary amides is 1. The van der Waals surface area contributed by atoms with E-state index in [1.165, 1.54) is 0 Å². The van der Waals surface area contributed by atoms with Crippen LogP contribution in [-0.2, 0) is 11.0 Å². The number of hydrogen-bond donors (Lipinski definition) is 3. The quantitative estimate of drug-likeness (QED) is 0.313. The SMILES string of the molecule is C=C(N=C(c1ccc(Cl)cc1C)N(C(N)=O)c1ccc(C(F)(F)F)cc1)N1CCC(NC(=O)C(C)C=N)CC1. The maximum absolute atomic E-state index is 13.1. The zero-order chi connectivity index (χ0) is 28.9. The van der Waals surface area contributed by atoms with Crippen LogP contribution in [0.2, 0.25) is 5.02 Å². The molecule has 1 unspecified atom stereocenters. The van der Waals surface area contributed by atoms with Gasteiger partial charge in [0, 0.05) is 35.9 Å². The van der Waals surface area contributed by atoms with Crippen molar-refractivity contribution in [3.05, 3.63) is 76.6 Å². The molecule has 2 aromatic rings. The number of rotatable bonds is 7. The molecule has 1 fully saturated rings. The Hall–Kier alpha value is -3.86. The summed E-state index contributed by atoms with van der Waals surface area (Å²) in [4.78, 5) is 32.4. The number of urea groups is 1. The highest BCUT2D eigenvalue weighted by atomic mass is 35.5. The fraction of sp³-hybridized carbons (Fsp3) is 0.333. The Morgan fingerprint density at radius 2 is 1.85 bits per heavy atom. The molecular weight excluding hydrogens is 533 g/mol. The zero-order valence-corrected chi connectivity index (χ0v) is 22.3. The van der Waals surface area contributed by atoms with Gasteiger partial charge in [-0.1, -0.05) is 18.2 Å². The summed E-state index contributed by atoms with van der Waals surface area (Å²) >= 11 is 6.13. The minimum atomic E-state index is -4.54. The third-order valence-electron chi connectivity index (χ3n) is 6.42. The smallest absolute Gasteiger partial charge is 0.357 e. The first-order valence-corrected chi connectivity index (χ1v) is 12.6. The molecule has 0 aromatic heterocycles. The first-order valence-electron chi connectivity index (χ1n) is 12.2. The molecule has 3 rings (SSSR count). The first kappa shape index (κ1) is 29.7. The van der Waals surface area contributed by atoms with Crippen LogP contribution >= 0.6 is 11.6 Å². The van der Waals surface area contributed by atoms with E-state index in [0.717, 1.165) is 35.4 Å². The molecule has 0 spiro atoms. The molecule has 2 aromatic carbocycles. The number of piperidine rings is 1. The second kappa shape index (κ2) is 12.3. The summed E-state index contributed by atoms with van der Waals surface area (Å²) in [5, 5.41) is 10.6. The minimum absolute atomic E-state index is 0.0693. The zero-order valence-electron chi connectivity index (χ0n) is 21.6. The number of nitrogens with zero attached hydrogens (tertiary/aromatic N) is 3. The Labute approximate surface area is 229 Å². The van der Waals surface area contributed by atoms with Crippen LogP contribution in [0.1, 0.15) is 36.5 Å². The Kier molecular flexibility index (Phi) is 9.39. The lowest BCUT2D eigenvalue weighted by molar-refractivity contribution is -0.137. The highest BCUT2D eigenvalue weighted by molar-refractivity contribution is 6.31. The number of anilines is 1. The number of nitrogens with one attached hydrogen (secondary N) is 2. The maximum Gasteiger partial charge on any atom is 0.416 e. The van der Waals surface area contributed by atoms with E-state index in [0.29, 0.717) is 47.9 Å². The summed E-state index contributed by atoms with van der Waals surface area (Å²) in [6.45, 7) is 8.49. The van der Waals surface area contributed by atoms with Crippen LogP contribution in [-0.4, -0.2) is 48.0 Å². The van der Waals surface area contributed by atoms with E-state index in [9.17, 15) is 22.8 Å². The van der Waals surface area contributed by atoms with Gasteiger partial charge in [-0.15, -0.1) is 0 Å². The molecule has 4 N–H and O–H groups in total. The number of benzene rings is 2. The highest BCUT2D eigenvalue weighted by Crippen LogP contribution is 2.31. The van der Waals surface area contributed by atoms with Gasteiger partial charge in [0.1, 0.15) is 5.82 Å². The predicted molar refractivity (Wildman–Crippen MR) is 146 cm³/mol. The van der Waals surface area contributed by atoms with Crippen molar-refractivity contribution in [3.63, 3.8) is 0 Å². The normalized spacial score (nSPS) is 15.4. The van der Waals surface area contributed by atoms with E-state index < -0.39 is 23.7 Å². The average Bonchev–Trinajstić information content (AvgIpc) is 2.87. The Morgan fingerprint density at radius 1 is 1.23 bits per heavy atom. The summed E-state index contributed by atoms with van der Waals surface area (Å²) in [6.07, 6.45) is -2.24. The highest BCUT2D eigenvalue weighted by Gasteiger charge is 2.31. The van der Waals surface area contributed by atoms with Crippen LogP contribution in [0.3, 0.4) is 0 Å². The van der Waals surface area contributed by atoms with E-state index in [1.54, 1.807) is 32.0 Å². The first-order chi connectivity index (χ1) is 18.3. The van der Waals surface area contributed by atoms with Crippen molar-refractivity contribution in [1.82, 2.24) is 10.2 Å². The molecule has 1 atom stereocenters. The third-order valence-corrected chi connectivity index (χ3v) is 6.65. The van der Waals surface area contributed by atoms with Crippen molar-refractivity contribution in [2.24, 2.45) is 16.6 Å². The molecule has 1 aliphatic heterocycles. The number of aliphatic imine (C=N–C) groups is 1. The topological polar surface area (TPSA) is 115 Å². The van der Waals surface area contributed by atoms with Gasteiger partial charge in [0.15, 0.2) is 5.84 Å². The van der Waals surface area contributed by atoms with Crippen molar-refractivity contribution in [3.8, 4) is 0 Å². The predicted octanol–water partition coefficient (Wildman–Crippen LogP) is 5.34. The van der Waals surface area contributed by atoms with Gasteiger partial charge in [-0.05, 0) is 74.7 Å². The Balaban J connectivity index is 1.94. The van der Waals surface area contributed by atoms with Gasteiger partial charge < -0.3 is 21.4 Å². The van der Waals surface area contributed by atoms with Gasteiger partial charge in [0.05, 0.1) is 17.2 Å². The molecule has 1 saturated heterocycles. The van der Waals surface area contributed by atoms with Crippen LogP contribution in [0.4, 0.5) is 23.7 Å². The van der Waals surface area contributed by atoms with E-state index in [4.69, 9.17) is 22.7 Å². The largest absolute Gasteiger partial charge is 0.416 e. The second-order valence-electron chi connectivity index (χ2n) is 9.25. The number of likely N-dealkylation sites (tertiary alicyclic amines) is 1. The van der Waals surface area contributed by atoms with Crippen molar-refractivity contribution in [2.45, 2.75) is 38.9 Å². The van der Waals surface area contributed by atoms with Crippen LogP contribution in [0.25, 0.3) is 0 Å². The fourth-order valence-electron chi connectivity index (χ4n) is 4.15. The molecule has 0 saturated carbocycles. The monoisotopic (exact) mass is 562 g/mol. The van der Waals surface area contributed by atoms with Crippen LogP contribution < -0.4 is 16.0 Å². The summed E-state index contributed by atoms with van der Waals surface area (Å²) in [5.74, 6) is -0.334. The van der Waals surface area contributed by atoms with Crippen molar-refractivity contribution < 1.29 is 22.8 Å². The summed E-state index contributed by atoms with van der Waals surface area (Å²) in [5.41, 5.74) is 6.10. The molecule has 1 aliphatic rings. The van der Waals surface area contributed by atoms with Gasteiger partial charge >= 0.3 is 12.2 Å². The molecular formula is C27H30ClF3N6O2. The summed E-state index contributed by atoms with van der Waals surface area (Å²) in [7, 11) is 0. The molecule has 0 radical (unpaired) electrons. The van der Waals surface area contributed by atoms with Gasteiger partial charge in [-0.3, -0.25) is 4.79 Å². The fourth-order valence-corrected chi connectivity index (χ4v) is 4.37. The molecule has 39 heavy (non-hydrogen) atoms. The number of aryl methyl sites for hydroxylation is 1.